The van der Waals surface area contributed by atoms with E-state index in [1.54, 1.807) is 24.3 Å². The molecule has 27 heavy (non-hydrogen) atoms. The number of anilines is 1. The maximum absolute atomic E-state index is 13.2. The van der Waals surface area contributed by atoms with Crippen molar-refractivity contribution in [3.63, 3.8) is 0 Å². The number of aryl methyl sites for hydroxylation is 1. The van der Waals surface area contributed by atoms with Crippen LogP contribution < -0.4 is 15.0 Å². The molecular formula is C20H22ClFN2O3. The van der Waals surface area contributed by atoms with Crippen LogP contribution in [0.2, 0.25) is 5.02 Å². The first-order chi connectivity index (χ1) is 12.8. The molecule has 1 N–H and O–H groups in total. The lowest BCUT2D eigenvalue weighted by Gasteiger charge is -2.24. The molecule has 2 aromatic rings. The third-order valence-electron chi connectivity index (χ3n) is 4.04. The van der Waals surface area contributed by atoms with Gasteiger partial charge in [0, 0.05) is 31.1 Å². The standard InChI is InChI=1S/C20H22ClFN2O3/c1-13-9-18(19(27-3)12-17(13)21)24(14(2)25)8-7-23-20(26)11-15-5-4-6-16(22)10-15/h4-6,9-10,12H,7-8,11H2,1-3H3,(H,23,26). The van der Waals surface area contributed by atoms with Gasteiger partial charge in [0.1, 0.15) is 11.6 Å². The molecule has 0 spiro atoms. The van der Waals surface area contributed by atoms with E-state index < -0.39 is 0 Å². The van der Waals surface area contributed by atoms with Gasteiger partial charge in [0.05, 0.1) is 19.2 Å². The number of nitrogens with zero attached hydrogens (tertiary/aromatic N) is 1. The highest BCUT2D eigenvalue weighted by atomic mass is 35.5. The van der Waals surface area contributed by atoms with E-state index in [1.807, 2.05) is 6.92 Å². The summed E-state index contributed by atoms with van der Waals surface area (Å²) in [5.41, 5.74) is 1.99. The molecule has 0 aliphatic rings. The molecule has 0 radical (unpaired) electrons. The van der Waals surface area contributed by atoms with Crippen LogP contribution in [-0.4, -0.2) is 32.0 Å². The fourth-order valence-corrected chi connectivity index (χ4v) is 2.83. The monoisotopic (exact) mass is 392 g/mol. The van der Waals surface area contributed by atoms with Gasteiger partial charge < -0.3 is 15.0 Å². The molecule has 0 bridgehead atoms. The van der Waals surface area contributed by atoms with Crippen molar-refractivity contribution in [3.05, 3.63) is 58.4 Å². The third-order valence-corrected chi connectivity index (χ3v) is 4.45. The lowest BCUT2D eigenvalue weighted by atomic mass is 10.1. The first-order valence-corrected chi connectivity index (χ1v) is 8.83. The van der Waals surface area contributed by atoms with Crippen LogP contribution in [-0.2, 0) is 16.0 Å². The second-order valence-corrected chi connectivity index (χ2v) is 6.51. The van der Waals surface area contributed by atoms with E-state index in [0.717, 1.165) is 5.56 Å². The van der Waals surface area contributed by atoms with E-state index >= 15 is 0 Å². The summed E-state index contributed by atoms with van der Waals surface area (Å²) in [5.74, 6) is -0.335. The molecule has 0 saturated carbocycles. The summed E-state index contributed by atoms with van der Waals surface area (Å²) in [6, 6.07) is 9.33. The molecule has 2 amide bonds. The van der Waals surface area contributed by atoms with Crippen molar-refractivity contribution in [2.24, 2.45) is 0 Å². The Morgan fingerprint density at radius 2 is 2.00 bits per heavy atom. The summed E-state index contributed by atoms with van der Waals surface area (Å²) in [4.78, 5) is 25.7. The molecule has 0 aliphatic carbocycles. The van der Waals surface area contributed by atoms with E-state index in [1.165, 1.54) is 31.1 Å². The minimum absolute atomic E-state index is 0.0706. The first kappa shape index (κ1) is 20.7. The molecule has 144 valence electrons. The SMILES string of the molecule is COc1cc(Cl)c(C)cc1N(CCNC(=O)Cc1cccc(F)c1)C(C)=O. The number of carbonyl (C=O) groups excluding carboxylic acids is 2. The largest absolute Gasteiger partial charge is 0.495 e. The number of hydrogen-bond acceptors (Lipinski definition) is 3. The van der Waals surface area contributed by atoms with Crippen LogP contribution in [0, 0.1) is 12.7 Å². The van der Waals surface area contributed by atoms with Gasteiger partial charge in [-0.1, -0.05) is 23.7 Å². The van der Waals surface area contributed by atoms with Crippen LogP contribution in [0.3, 0.4) is 0 Å². The highest BCUT2D eigenvalue weighted by molar-refractivity contribution is 6.31. The summed E-state index contributed by atoms with van der Waals surface area (Å²) in [5, 5.41) is 3.29. The number of carbonyl (C=O) groups is 2. The Morgan fingerprint density at radius 1 is 1.26 bits per heavy atom. The molecule has 0 aromatic heterocycles. The van der Waals surface area contributed by atoms with Crippen molar-refractivity contribution in [3.8, 4) is 5.75 Å². The Kier molecular flexibility index (Phi) is 7.19. The number of nitrogens with one attached hydrogen (secondary N) is 1. The summed E-state index contributed by atoms with van der Waals surface area (Å²) in [6.07, 6.45) is 0.0706. The summed E-state index contributed by atoms with van der Waals surface area (Å²) >= 11 is 6.12. The van der Waals surface area contributed by atoms with Gasteiger partial charge in [0.15, 0.2) is 0 Å². The zero-order chi connectivity index (χ0) is 20.0. The zero-order valence-corrected chi connectivity index (χ0v) is 16.3. The lowest BCUT2D eigenvalue weighted by molar-refractivity contribution is -0.121. The van der Waals surface area contributed by atoms with E-state index in [2.05, 4.69) is 5.32 Å². The summed E-state index contributed by atoms with van der Waals surface area (Å²) in [7, 11) is 1.50. The van der Waals surface area contributed by atoms with Crippen molar-refractivity contribution >= 4 is 29.1 Å². The zero-order valence-electron chi connectivity index (χ0n) is 15.5. The van der Waals surface area contributed by atoms with Gasteiger partial charge >= 0.3 is 0 Å². The van der Waals surface area contributed by atoms with E-state index in [0.29, 0.717) is 22.0 Å². The fourth-order valence-electron chi connectivity index (χ4n) is 2.67. The van der Waals surface area contributed by atoms with Crippen LogP contribution in [0.15, 0.2) is 36.4 Å². The number of halogens is 2. The molecule has 0 fully saturated rings. The van der Waals surface area contributed by atoms with Gasteiger partial charge in [-0.15, -0.1) is 0 Å². The normalized spacial score (nSPS) is 10.4. The fraction of sp³-hybridized carbons (Fsp3) is 0.300. The Morgan fingerprint density at radius 3 is 2.63 bits per heavy atom. The molecule has 7 heteroatoms. The van der Waals surface area contributed by atoms with Crippen molar-refractivity contribution in [1.29, 1.82) is 0 Å². The molecule has 5 nitrogen and oxygen atoms in total. The van der Waals surface area contributed by atoms with Gasteiger partial charge in [-0.3, -0.25) is 9.59 Å². The highest BCUT2D eigenvalue weighted by Gasteiger charge is 2.18. The second-order valence-electron chi connectivity index (χ2n) is 6.10. The number of methoxy groups -OCH3 is 1. The molecule has 0 aliphatic heterocycles. The maximum atomic E-state index is 13.2. The van der Waals surface area contributed by atoms with Crippen molar-refractivity contribution < 1.29 is 18.7 Å². The van der Waals surface area contributed by atoms with E-state index in [4.69, 9.17) is 16.3 Å². The van der Waals surface area contributed by atoms with E-state index in [-0.39, 0.29) is 37.1 Å². The van der Waals surface area contributed by atoms with Gasteiger partial charge in [-0.2, -0.15) is 0 Å². The smallest absolute Gasteiger partial charge is 0.224 e. The van der Waals surface area contributed by atoms with Crippen molar-refractivity contribution in [1.82, 2.24) is 5.32 Å². The molecule has 2 aromatic carbocycles. The van der Waals surface area contributed by atoms with Crippen LogP contribution in [0.25, 0.3) is 0 Å². The van der Waals surface area contributed by atoms with Crippen molar-refractivity contribution in [2.75, 3.05) is 25.1 Å². The predicted octanol–water partition coefficient (Wildman–Crippen LogP) is 3.51. The quantitative estimate of drug-likeness (QED) is 0.784. The number of rotatable bonds is 7. The average molecular weight is 393 g/mol. The van der Waals surface area contributed by atoms with Crippen LogP contribution in [0.4, 0.5) is 10.1 Å². The minimum Gasteiger partial charge on any atom is -0.495 e. The van der Waals surface area contributed by atoms with Gasteiger partial charge in [-0.05, 0) is 36.2 Å². The van der Waals surface area contributed by atoms with Crippen molar-refractivity contribution in [2.45, 2.75) is 20.3 Å². The number of amides is 2. The number of hydrogen-bond donors (Lipinski definition) is 1. The Hall–Kier alpha value is -2.60. The summed E-state index contributed by atoms with van der Waals surface area (Å²) < 4.78 is 18.5. The molecule has 0 atom stereocenters. The molecule has 0 heterocycles. The van der Waals surface area contributed by atoms with Gasteiger partial charge in [0.2, 0.25) is 11.8 Å². The highest BCUT2D eigenvalue weighted by Crippen LogP contribution is 2.33. The molecular weight excluding hydrogens is 371 g/mol. The Balaban J connectivity index is 2.02. The molecule has 2 rings (SSSR count). The topological polar surface area (TPSA) is 58.6 Å². The number of ether oxygens (including phenoxy) is 1. The molecule has 0 saturated heterocycles. The van der Waals surface area contributed by atoms with Crippen LogP contribution in [0.5, 0.6) is 5.75 Å². The summed E-state index contributed by atoms with van der Waals surface area (Å²) in [6.45, 7) is 3.79. The Labute approximate surface area is 163 Å². The van der Waals surface area contributed by atoms with Gasteiger partial charge in [-0.25, -0.2) is 4.39 Å². The van der Waals surface area contributed by atoms with Crippen LogP contribution in [0.1, 0.15) is 18.1 Å². The third kappa shape index (κ3) is 5.69. The number of benzene rings is 2. The maximum Gasteiger partial charge on any atom is 0.224 e. The lowest BCUT2D eigenvalue weighted by Crippen LogP contribution is -2.38. The average Bonchev–Trinajstić information content (AvgIpc) is 2.60. The van der Waals surface area contributed by atoms with Gasteiger partial charge in [0.25, 0.3) is 0 Å². The minimum atomic E-state index is -0.381. The first-order valence-electron chi connectivity index (χ1n) is 8.45. The molecule has 0 unspecified atom stereocenters. The van der Waals surface area contributed by atoms with E-state index in [9.17, 15) is 14.0 Å². The second kappa shape index (κ2) is 9.37. The predicted molar refractivity (Wildman–Crippen MR) is 104 cm³/mol. The Bertz CT molecular complexity index is 842. The van der Waals surface area contributed by atoms with Crippen LogP contribution >= 0.6 is 11.6 Å².